The Bertz CT molecular complexity index is 693. The minimum absolute atomic E-state index is 0.639. The number of hydrogen-bond donors (Lipinski definition) is 0. The van der Waals surface area contributed by atoms with Gasteiger partial charge in [0.05, 0.1) is 0 Å². The van der Waals surface area contributed by atoms with E-state index in [1.54, 1.807) is 6.07 Å². The number of oxazole rings is 1. The van der Waals surface area contributed by atoms with Crippen LogP contribution in [-0.2, 0) is 5.75 Å². The average molecular weight is 310 g/mol. The molecular weight excluding hydrogens is 301 g/mol. The summed E-state index contributed by atoms with van der Waals surface area (Å²) in [6.45, 7) is 0. The van der Waals surface area contributed by atoms with Crippen LogP contribution in [0.1, 0.15) is 5.56 Å². The molecule has 19 heavy (non-hydrogen) atoms. The normalized spacial score (nSPS) is 11.1. The lowest BCUT2D eigenvalue weighted by Gasteiger charge is -2.02. The molecule has 0 aliphatic rings. The first-order chi connectivity index (χ1) is 9.22. The molecule has 0 N–H and O–H groups in total. The molecule has 0 aliphatic heterocycles. The summed E-state index contributed by atoms with van der Waals surface area (Å²) in [6, 6.07) is 13.2. The van der Waals surface area contributed by atoms with E-state index < -0.39 is 0 Å². The summed E-state index contributed by atoms with van der Waals surface area (Å²) in [6.07, 6.45) is 0. The molecule has 0 saturated carbocycles. The molecule has 0 amide bonds. The van der Waals surface area contributed by atoms with E-state index in [1.807, 2.05) is 36.4 Å². The summed E-state index contributed by atoms with van der Waals surface area (Å²) in [4.78, 5) is 4.40. The van der Waals surface area contributed by atoms with Crippen LogP contribution >= 0.6 is 35.0 Å². The van der Waals surface area contributed by atoms with Gasteiger partial charge in [-0.1, -0.05) is 53.2 Å². The topological polar surface area (TPSA) is 26.0 Å². The second kappa shape index (κ2) is 5.45. The number of aromatic nitrogens is 1. The third kappa shape index (κ3) is 2.89. The fraction of sp³-hybridized carbons (Fsp3) is 0.0714. The first-order valence-corrected chi connectivity index (χ1v) is 7.39. The molecular formula is C14H9Cl2NOS. The number of fused-ring (bicyclic) bond motifs is 1. The highest BCUT2D eigenvalue weighted by molar-refractivity contribution is 7.98. The summed E-state index contributed by atoms with van der Waals surface area (Å²) in [5.74, 6) is 0.697. The van der Waals surface area contributed by atoms with E-state index in [0.717, 1.165) is 16.7 Å². The predicted molar refractivity (Wildman–Crippen MR) is 80.0 cm³/mol. The summed E-state index contributed by atoms with van der Waals surface area (Å²) >= 11 is 13.5. The van der Waals surface area contributed by atoms with Gasteiger partial charge in [0.2, 0.25) is 0 Å². The van der Waals surface area contributed by atoms with Crippen molar-refractivity contribution in [2.45, 2.75) is 11.0 Å². The Balaban J connectivity index is 1.78. The number of rotatable bonds is 3. The Morgan fingerprint density at radius 3 is 2.74 bits per heavy atom. The average Bonchev–Trinajstić information content (AvgIpc) is 2.80. The van der Waals surface area contributed by atoms with Crippen molar-refractivity contribution in [2.24, 2.45) is 0 Å². The van der Waals surface area contributed by atoms with Gasteiger partial charge in [-0.2, -0.15) is 0 Å². The Hall–Kier alpha value is -1.16. The fourth-order valence-electron chi connectivity index (χ4n) is 1.69. The van der Waals surface area contributed by atoms with Crippen LogP contribution in [0, 0.1) is 0 Å². The molecule has 2 aromatic carbocycles. The number of benzene rings is 2. The van der Waals surface area contributed by atoms with E-state index in [-0.39, 0.29) is 0 Å². The van der Waals surface area contributed by atoms with Crippen molar-refractivity contribution < 1.29 is 4.42 Å². The third-order valence-electron chi connectivity index (χ3n) is 2.64. The van der Waals surface area contributed by atoms with Crippen LogP contribution in [0.3, 0.4) is 0 Å². The lowest BCUT2D eigenvalue weighted by molar-refractivity contribution is 0.489. The van der Waals surface area contributed by atoms with Gasteiger partial charge in [-0.3, -0.25) is 0 Å². The summed E-state index contributed by atoms with van der Waals surface area (Å²) in [7, 11) is 0. The van der Waals surface area contributed by atoms with E-state index >= 15 is 0 Å². The molecule has 0 saturated heterocycles. The first kappa shape index (κ1) is 12.9. The number of thioether (sulfide) groups is 1. The Kier molecular flexibility index (Phi) is 3.69. The molecule has 3 rings (SSSR count). The van der Waals surface area contributed by atoms with Crippen LogP contribution in [0.15, 0.2) is 52.1 Å². The molecule has 1 heterocycles. The monoisotopic (exact) mass is 309 g/mol. The van der Waals surface area contributed by atoms with Crippen LogP contribution < -0.4 is 0 Å². The van der Waals surface area contributed by atoms with Crippen molar-refractivity contribution in [3.63, 3.8) is 0 Å². The van der Waals surface area contributed by atoms with E-state index in [1.165, 1.54) is 11.8 Å². The Morgan fingerprint density at radius 1 is 1.11 bits per heavy atom. The van der Waals surface area contributed by atoms with Crippen LogP contribution in [0.4, 0.5) is 0 Å². The van der Waals surface area contributed by atoms with Crippen molar-refractivity contribution in [2.75, 3.05) is 0 Å². The maximum absolute atomic E-state index is 6.13. The van der Waals surface area contributed by atoms with Gasteiger partial charge in [0, 0.05) is 15.8 Å². The highest BCUT2D eigenvalue weighted by Gasteiger charge is 2.07. The molecule has 1 aromatic heterocycles. The molecule has 0 aliphatic carbocycles. The second-order valence-electron chi connectivity index (χ2n) is 3.97. The van der Waals surface area contributed by atoms with Crippen LogP contribution in [0.2, 0.25) is 10.0 Å². The van der Waals surface area contributed by atoms with Gasteiger partial charge in [0.25, 0.3) is 5.22 Å². The van der Waals surface area contributed by atoms with Crippen molar-refractivity contribution >= 4 is 46.1 Å². The molecule has 0 spiro atoms. The zero-order valence-electron chi connectivity index (χ0n) is 9.77. The van der Waals surface area contributed by atoms with Crippen LogP contribution in [-0.4, -0.2) is 4.98 Å². The van der Waals surface area contributed by atoms with Crippen molar-refractivity contribution in [3.05, 3.63) is 58.1 Å². The molecule has 2 nitrogen and oxygen atoms in total. The largest absolute Gasteiger partial charge is 0.431 e. The van der Waals surface area contributed by atoms with Crippen LogP contribution in [0.5, 0.6) is 0 Å². The number of para-hydroxylation sites is 2. The molecule has 5 heteroatoms. The number of halogens is 2. The van der Waals surface area contributed by atoms with E-state index in [0.29, 0.717) is 21.0 Å². The standard InChI is InChI=1S/C14H9Cl2NOS/c15-10-6-5-9(11(16)7-10)8-19-14-17-12-3-1-2-4-13(12)18-14/h1-7H,8H2. The predicted octanol–water partition coefficient (Wildman–Crippen LogP) is 5.43. The minimum atomic E-state index is 0.639. The van der Waals surface area contributed by atoms with Gasteiger partial charge in [-0.05, 0) is 29.8 Å². The smallest absolute Gasteiger partial charge is 0.257 e. The zero-order valence-corrected chi connectivity index (χ0v) is 12.1. The summed E-state index contributed by atoms with van der Waals surface area (Å²) in [5.41, 5.74) is 2.68. The fourth-order valence-corrected chi connectivity index (χ4v) is 3.09. The Morgan fingerprint density at radius 2 is 1.95 bits per heavy atom. The lowest BCUT2D eigenvalue weighted by atomic mass is 10.2. The van der Waals surface area contributed by atoms with Gasteiger partial charge in [0.15, 0.2) is 5.58 Å². The van der Waals surface area contributed by atoms with Crippen molar-refractivity contribution in [3.8, 4) is 0 Å². The number of hydrogen-bond acceptors (Lipinski definition) is 3. The molecule has 96 valence electrons. The lowest BCUT2D eigenvalue weighted by Crippen LogP contribution is -1.82. The van der Waals surface area contributed by atoms with Crippen molar-refractivity contribution in [1.82, 2.24) is 4.98 Å². The highest BCUT2D eigenvalue weighted by Crippen LogP contribution is 2.29. The summed E-state index contributed by atoms with van der Waals surface area (Å²) in [5, 5.41) is 1.95. The molecule has 0 radical (unpaired) electrons. The Labute approximate surface area is 124 Å². The van der Waals surface area contributed by atoms with E-state index in [2.05, 4.69) is 4.98 Å². The summed E-state index contributed by atoms with van der Waals surface area (Å²) < 4.78 is 5.64. The van der Waals surface area contributed by atoms with Gasteiger partial charge < -0.3 is 4.42 Å². The van der Waals surface area contributed by atoms with Gasteiger partial charge >= 0.3 is 0 Å². The third-order valence-corrected chi connectivity index (χ3v) is 4.10. The van der Waals surface area contributed by atoms with Gasteiger partial charge in [-0.25, -0.2) is 4.98 Å². The van der Waals surface area contributed by atoms with E-state index in [4.69, 9.17) is 27.6 Å². The van der Waals surface area contributed by atoms with Gasteiger partial charge in [0.1, 0.15) is 5.52 Å². The zero-order chi connectivity index (χ0) is 13.2. The highest BCUT2D eigenvalue weighted by atomic mass is 35.5. The second-order valence-corrected chi connectivity index (χ2v) is 5.74. The quantitative estimate of drug-likeness (QED) is 0.604. The minimum Gasteiger partial charge on any atom is -0.431 e. The molecule has 0 unspecified atom stereocenters. The maximum Gasteiger partial charge on any atom is 0.257 e. The van der Waals surface area contributed by atoms with E-state index in [9.17, 15) is 0 Å². The SMILES string of the molecule is Clc1ccc(CSc2nc3ccccc3o2)c(Cl)c1. The molecule has 0 bridgehead atoms. The maximum atomic E-state index is 6.13. The number of nitrogens with zero attached hydrogens (tertiary/aromatic N) is 1. The molecule has 0 fully saturated rings. The van der Waals surface area contributed by atoms with Crippen LogP contribution in [0.25, 0.3) is 11.1 Å². The molecule has 3 aromatic rings. The van der Waals surface area contributed by atoms with Crippen molar-refractivity contribution in [1.29, 1.82) is 0 Å². The first-order valence-electron chi connectivity index (χ1n) is 5.65. The van der Waals surface area contributed by atoms with Gasteiger partial charge in [-0.15, -0.1) is 0 Å². The molecule has 0 atom stereocenters.